The van der Waals surface area contributed by atoms with Gasteiger partial charge in [-0.3, -0.25) is 4.98 Å². The highest BCUT2D eigenvalue weighted by atomic mass is 16.5. The Labute approximate surface area is 162 Å². The van der Waals surface area contributed by atoms with Gasteiger partial charge in [0.25, 0.3) is 0 Å². The minimum atomic E-state index is 0.480. The summed E-state index contributed by atoms with van der Waals surface area (Å²) in [7, 11) is 0. The van der Waals surface area contributed by atoms with Gasteiger partial charge >= 0.3 is 0 Å². The average molecular weight is 367 g/mol. The number of aromatic nitrogens is 1. The predicted octanol–water partition coefficient (Wildman–Crippen LogP) is 4.05. The number of aliphatic imine (C=N–C) groups is 1. The van der Waals surface area contributed by atoms with Crippen LogP contribution in [0, 0.1) is 0 Å². The molecular weight excluding hydrogens is 336 g/mol. The molecule has 0 bridgehead atoms. The molecule has 1 aliphatic carbocycles. The normalized spacial score (nSPS) is 15.4. The van der Waals surface area contributed by atoms with Crippen molar-refractivity contribution in [3.63, 3.8) is 0 Å². The van der Waals surface area contributed by atoms with E-state index in [0.717, 1.165) is 23.9 Å². The third kappa shape index (κ3) is 6.59. The summed E-state index contributed by atoms with van der Waals surface area (Å²) in [6, 6.07) is 14.5. The van der Waals surface area contributed by atoms with E-state index in [1.54, 1.807) is 6.20 Å². The SMILES string of the molecule is CCNC(=NCc1ccc(OCc2ccccn2)cc1)NC1CCCCC1. The van der Waals surface area contributed by atoms with Gasteiger partial charge in [-0.2, -0.15) is 0 Å². The van der Waals surface area contributed by atoms with Crippen LogP contribution < -0.4 is 15.4 Å². The van der Waals surface area contributed by atoms with Crippen LogP contribution in [0.5, 0.6) is 5.75 Å². The summed E-state index contributed by atoms with van der Waals surface area (Å²) in [5, 5.41) is 6.94. The minimum Gasteiger partial charge on any atom is -0.487 e. The summed E-state index contributed by atoms with van der Waals surface area (Å²) < 4.78 is 5.79. The van der Waals surface area contributed by atoms with E-state index in [2.05, 4.69) is 34.7 Å². The van der Waals surface area contributed by atoms with Gasteiger partial charge in [0.05, 0.1) is 12.2 Å². The van der Waals surface area contributed by atoms with Crippen LogP contribution in [0.3, 0.4) is 0 Å². The average Bonchev–Trinajstić information content (AvgIpc) is 2.73. The molecule has 1 aromatic heterocycles. The zero-order valence-corrected chi connectivity index (χ0v) is 16.2. The second-order valence-electron chi connectivity index (χ2n) is 6.93. The van der Waals surface area contributed by atoms with Gasteiger partial charge in [0.1, 0.15) is 12.4 Å². The first-order chi connectivity index (χ1) is 13.3. The zero-order valence-electron chi connectivity index (χ0n) is 16.2. The molecule has 1 saturated carbocycles. The van der Waals surface area contributed by atoms with E-state index >= 15 is 0 Å². The highest BCUT2D eigenvalue weighted by molar-refractivity contribution is 5.80. The lowest BCUT2D eigenvalue weighted by atomic mass is 9.96. The Morgan fingerprint density at radius 3 is 2.63 bits per heavy atom. The highest BCUT2D eigenvalue weighted by Crippen LogP contribution is 2.17. The van der Waals surface area contributed by atoms with Crippen LogP contribution in [0.25, 0.3) is 0 Å². The summed E-state index contributed by atoms with van der Waals surface area (Å²) in [5.74, 6) is 1.76. The van der Waals surface area contributed by atoms with Crippen LogP contribution in [-0.4, -0.2) is 23.5 Å². The molecule has 2 N–H and O–H groups in total. The lowest BCUT2D eigenvalue weighted by Crippen LogP contribution is -2.44. The molecule has 27 heavy (non-hydrogen) atoms. The Balaban J connectivity index is 1.51. The van der Waals surface area contributed by atoms with Crippen LogP contribution in [0.4, 0.5) is 0 Å². The second-order valence-corrected chi connectivity index (χ2v) is 6.93. The molecule has 1 aromatic carbocycles. The van der Waals surface area contributed by atoms with Crippen LogP contribution in [0.2, 0.25) is 0 Å². The van der Waals surface area contributed by atoms with E-state index in [4.69, 9.17) is 9.73 Å². The molecule has 1 fully saturated rings. The second kappa shape index (κ2) is 10.6. The quantitative estimate of drug-likeness (QED) is 0.573. The molecule has 0 spiro atoms. The number of pyridine rings is 1. The number of benzene rings is 1. The van der Waals surface area contributed by atoms with Crippen molar-refractivity contribution in [2.45, 2.75) is 58.2 Å². The largest absolute Gasteiger partial charge is 0.487 e. The van der Waals surface area contributed by atoms with Crippen molar-refractivity contribution in [1.29, 1.82) is 0 Å². The van der Waals surface area contributed by atoms with Gasteiger partial charge in [0, 0.05) is 18.8 Å². The van der Waals surface area contributed by atoms with E-state index in [1.807, 2.05) is 30.3 Å². The van der Waals surface area contributed by atoms with Crippen molar-refractivity contribution in [2.24, 2.45) is 4.99 Å². The lowest BCUT2D eigenvalue weighted by molar-refractivity contribution is 0.301. The fraction of sp³-hybridized carbons (Fsp3) is 0.455. The van der Waals surface area contributed by atoms with Crippen molar-refractivity contribution in [3.05, 3.63) is 59.9 Å². The first-order valence-corrected chi connectivity index (χ1v) is 10.00. The van der Waals surface area contributed by atoms with Crippen LogP contribution >= 0.6 is 0 Å². The van der Waals surface area contributed by atoms with Gasteiger partial charge in [-0.25, -0.2) is 4.99 Å². The highest BCUT2D eigenvalue weighted by Gasteiger charge is 2.14. The topological polar surface area (TPSA) is 58.5 Å². The Hall–Kier alpha value is -2.56. The summed E-state index contributed by atoms with van der Waals surface area (Å²) in [6.45, 7) is 4.11. The summed E-state index contributed by atoms with van der Waals surface area (Å²) in [6.07, 6.45) is 8.26. The Morgan fingerprint density at radius 1 is 1.11 bits per heavy atom. The van der Waals surface area contributed by atoms with Crippen molar-refractivity contribution in [2.75, 3.05) is 6.54 Å². The first-order valence-electron chi connectivity index (χ1n) is 10.00. The Kier molecular flexibility index (Phi) is 7.51. The van der Waals surface area contributed by atoms with Gasteiger partial charge in [-0.05, 0) is 49.6 Å². The van der Waals surface area contributed by atoms with Gasteiger partial charge in [-0.15, -0.1) is 0 Å². The maximum atomic E-state index is 5.79. The predicted molar refractivity (Wildman–Crippen MR) is 110 cm³/mol. The standard InChI is InChI=1S/C22H30N4O/c1-2-23-22(26-19-8-4-3-5-9-19)25-16-18-11-13-21(14-12-18)27-17-20-10-6-7-15-24-20/h6-7,10-15,19H,2-5,8-9,16-17H2,1H3,(H2,23,25,26). The molecule has 1 aliphatic rings. The molecule has 2 aromatic rings. The van der Waals surface area contributed by atoms with Crippen LogP contribution in [0.1, 0.15) is 50.3 Å². The minimum absolute atomic E-state index is 0.480. The molecule has 1 heterocycles. The maximum Gasteiger partial charge on any atom is 0.191 e. The summed E-state index contributed by atoms with van der Waals surface area (Å²) in [5.41, 5.74) is 2.09. The van der Waals surface area contributed by atoms with Gasteiger partial charge in [0.15, 0.2) is 5.96 Å². The number of guanidine groups is 1. The molecular formula is C22H30N4O. The molecule has 0 unspecified atom stereocenters. The molecule has 0 amide bonds. The maximum absolute atomic E-state index is 5.79. The van der Waals surface area contributed by atoms with E-state index in [1.165, 1.54) is 37.7 Å². The fourth-order valence-corrected chi connectivity index (χ4v) is 3.26. The van der Waals surface area contributed by atoms with Crippen LogP contribution in [-0.2, 0) is 13.2 Å². The summed E-state index contributed by atoms with van der Waals surface area (Å²) >= 11 is 0. The molecule has 0 atom stereocenters. The van der Waals surface area contributed by atoms with Crippen molar-refractivity contribution in [1.82, 2.24) is 15.6 Å². The number of hydrogen-bond donors (Lipinski definition) is 2. The monoisotopic (exact) mass is 366 g/mol. The van der Waals surface area contributed by atoms with Crippen LogP contribution in [0.15, 0.2) is 53.7 Å². The van der Waals surface area contributed by atoms with Gasteiger partial charge < -0.3 is 15.4 Å². The number of nitrogens with zero attached hydrogens (tertiary/aromatic N) is 2. The molecule has 0 aliphatic heterocycles. The van der Waals surface area contributed by atoms with E-state index in [-0.39, 0.29) is 0 Å². The molecule has 0 radical (unpaired) electrons. The third-order valence-electron chi connectivity index (χ3n) is 4.75. The van der Waals surface area contributed by atoms with Gasteiger partial charge in [-0.1, -0.05) is 37.5 Å². The molecule has 0 saturated heterocycles. The summed E-state index contributed by atoms with van der Waals surface area (Å²) in [4.78, 5) is 9.01. The van der Waals surface area contributed by atoms with Crippen molar-refractivity contribution in [3.8, 4) is 5.75 Å². The first kappa shape index (κ1) is 19.2. The number of rotatable bonds is 7. The third-order valence-corrected chi connectivity index (χ3v) is 4.75. The number of hydrogen-bond acceptors (Lipinski definition) is 3. The zero-order chi connectivity index (χ0) is 18.7. The molecule has 3 rings (SSSR count). The van der Waals surface area contributed by atoms with Crippen molar-refractivity contribution < 1.29 is 4.74 Å². The van der Waals surface area contributed by atoms with E-state index < -0.39 is 0 Å². The molecule has 5 nitrogen and oxygen atoms in total. The van der Waals surface area contributed by atoms with E-state index in [0.29, 0.717) is 19.2 Å². The lowest BCUT2D eigenvalue weighted by Gasteiger charge is -2.24. The molecule has 144 valence electrons. The smallest absolute Gasteiger partial charge is 0.191 e. The van der Waals surface area contributed by atoms with Gasteiger partial charge in [0.2, 0.25) is 0 Å². The number of ether oxygens (including phenoxy) is 1. The number of nitrogens with one attached hydrogen (secondary N) is 2. The fourth-order valence-electron chi connectivity index (χ4n) is 3.26. The molecule has 5 heteroatoms. The Bertz CT molecular complexity index is 694. The van der Waals surface area contributed by atoms with E-state index in [9.17, 15) is 0 Å². The van der Waals surface area contributed by atoms with Crippen molar-refractivity contribution >= 4 is 5.96 Å². The Morgan fingerprint density at radius 2 is 1.93 bits per heavy atom.